The van der Waals surface area contributed by atoms with Crippen LogP contribution in [0.1, 0.15) is 30.9 Å². The summed E-state index contributed by atoms with van der Waals surface area (Å²) in [5.41, 5.74) is 4.36. The van der Waals surface area contributed by atoms with Crippen molar-refractivity contribution >= 4 is 5.91 Å². The van der Waals surface area contributed by atoms with Crippen LogP contribution in [0.5, 0.6) is 5.75 Å². The molecule has 0 aromatic heterocycles. The average Bonchev–Trinajstić information content (AvgIpc) is 2.26. The zero-order valence-corrected chi connectivity index (χ0v) is 10.6. The maximum Gasteiger partial charge on any atom is 0.274 e. The number of hydrogen-bond donors (Lipinski definition) is 2. The minimum atomic E-state index is -0.522. The minimum absolute atomic E-state index is 0.286. The minimum Gasteiger partial charge on any atom is -0.481 e. The lowest BCUT2D eigenvalue weighted by atomic mass is 10.1. The molecular weight excluding hydrogens is 216 g/mol. The Bertz CT molecular complexity index is 371. The lowest BCUT2D eigenvalue weighted by Crippen LogP contribution is -2.42. The molecule has 0 bridgehead atoms. The van der Waals surface area contributed by atoms with E-state index in [1.165, 1.54) is 0 Å². The van der Waals surface area contributed by atoms with Gasteiger partial charge >= 0.3 is 0 Å². The van der Waals surface area contributed by atoms with Crippen LogP contribution in [0, 0.1) is 13.8 Å². The maximum absolute atomic E-state index is 11.5. The fraction of sp³-hybridized carbons (Fsp3) is 0.462. The van der Waals surface area contributed by atoms with E-state index >= 15 is 0 Å². The SMILES string of the molecule is CCCC(Oc1cc(C)cc(C)c1)C(=O)NN. The number of nitrogens with two attached hydrogens (primary N) is 1. The van der Waals surface area contributed by atoms with Crippen molar-refractivity contribution in [2.75, 3.05) is 0 Å². The van der Waals surface area contributed by atoms with Crippen LogP contribution in [0.4, 0.5) is 0 Å². The first-order valence-electron chi connectivity index (χ1n) is 5.82. The van der Waals surface area contributed by atoms with Crippen molar-refractivity contribution in [2.45, 2.75) is 39.7 Å². The molecule has 1 aromatic carbocycles. The number of ether oxygens (including phenoxy) is 1. The van der Waals surface area contributed by atoms with Crippen molar-refractivity contribution in [2.24, 2.45) is 5.84 Å². The zero-order valence-electron chi connectivity index (χ0n) is 10.6. The first kappa shape index (κ1) is 13.5. The number of carbonyl (C=O) groups excluding carboxylic acids is 1. The molecule has 0 spiro atoms. The Balaban J connectivity index is 2.81. The van der Waals surface area contributed by atoms with E-state index in [4.69, 9.17) is 10.6 Å². The van der Waals surface area contributed by atoms with Crippen LogP contribution in [-0.2, 0) is 4.79 Å². The van der Waals surface area contributed by atoms with Gasteiger partial charge < -0.3 is 4.74 Å². The summed E-state index contributed by atoms with van der Waals surface area (Å²) in [6.07, 6.45) is 0.991. The fourth-order valence-corrected chi connectivity index (χ4v) is 1.76. The van der Waals surface area contributed by atoms with Gasteiger partial charge in [0.1, 0.15) is 5.75 Å². The van der Waals surface area contributed by atoms with Gasteiger partial charge in [0.25, 0.3) is 5.91 Å². The monoisotopic (exact) mass is 236 g/mol. The van der Waals surface area contributed by atoms with Gasteiger partial charge in [-0.1, -0.05) is 19.4 Å². The van der Waals surface area contributed by atoms with Gasteiger partial charge in [-0.2, -0.15) is 0 Å². The second-order valence-electron chi connectivity index (χ2n) is 4.23. The second kappa shape index (κ2) is 6.25. The van der Waals surface area contributed by atoms with E-state index in [-0.39, 0.29) is 5.91 Å². The molecule has 3 N–H and O–H groups in total. The lowest BCUT2D eigenvalue weighted by Gasteiger charge is -2.17. The molecule has 1 unspecified atom stereocenters. The molecular formula is C13H20N2O2. The quantitative estimate of drug-likeness (QED) is 0.466. The zero-order chi connectivity index (χ0) is 12.8. The largest absolute Gasteiger partial charge is 0.481 e. The first-order valence-corrected chi connectivity index (χ1v) is 5.82. The normalized spacial score (nSPS) is 12.0. The van der Waals surface area contributed by atoms with Crippen molar-refractivity contribution < 1.29 is 9.53 Å². The molecule has 0 aliphatic heterocycles. The van der Waals surface area contributed by atoms with Crippen molar-refractivity contribution in [1.82, 2.24) is 5.43 Å². The van der Waals surface area contributed by atoms with Crippen LogP contribution in [0.2, 0.25) is 0 Å². The summed E-state index contributed by atoms with van der Waals surface area (Å²) in [6.45, 7) is 6.00. The molecule has 1 atom stereocenters. The van der Waals surface area contributed by atoms with E-state index in [1.807, 2.05) is 32.9 Å². The molecule has 4 heteroatoms. The molecule has 0 saturated carbocycles. The van der Waals surface area contributed by atoms with Crippen LogP contribution in [0.3, 0.4) is 0 Å². The number of benzene rings is 1. The summed E-state index contributed by atoms with van der Waals surface area (Å²) >= 11 is 0. The van der Waals surface area contributed by atoms with E-state index in [0.717, 1.165) is 17.5 Å². The molecule has 1 rings (SSSR count). The first-order chi connectivity index (χ1) is 8.06. The predicted molar refractivity (Wildman–Crippen MR) is 67.6 cm³/mol. The molecule has 94 valence electrons. The van der Waals surface area contributed by atoms with Crippen LogP contribution < -0.4 is 16.0 Å². The van der Waals surface area contributed by atoms with Crippen LogP contribution in [-0.4, -0.2) is 12.0 Å². The van der Waals surface area contributed by atoms with Crippen LogP contribution in [0.15, 0.2) is 18.2 Å². The second-order valence-corrected chi connectivity index (χ2v) is 4.23. The van der Waals surface area contributed by atoms with Gasteiger partial charge in [0, 0.05) is 0 Å². The third-order valence-corrected chi connectivity index (χ3v) is 2.46. The number of aryl methyl sites for hydroxylation is 2. The Kier molecular flexibility index (Phi) is 4.97. The van der Waals surface area contributed by atoms with E-state index in [0.29, 0.717) is 12.2 Å². The summed E-state index contributed by atoms with van der Waals surface area (Å²) in [5.74, 6) is 5.56. The van der Waals surface area contributed by atoms with E-state index in [9.17, 15) is 4.79 Å². The van der Waals surface area contributed by atoms with E-state index < -0.39 is 6.10 Å². The van der Waals surface area contributed by atoms with Crippen molar-refractivity contribution in [3.05, 3.63) is 29.3 Å². The Labute approximate surface area is 102 Å². The summed E-state index contributed by atoms with van der Waals surface area (Å²) in [7, 11) is 0. The summed E-state index contributed by atoms with van der Waals surface area (Å²) < 4.78 is 5.68. The summed E-state index contributed by atoms with van der Waals surface area (Å²) in [4.78, 5) is 11.5. The fourth-order valence-electron chi connectivity index (χ4n) is 1.76. The number of hydrogen-bond acceptors (Lipinski definition) is 3. The van der Waals surface area contributed by atoms with Crippen LogP contribution in [0.25, 0.3) is 0 Å². The highest BCUT2D eigenvalue weighted by atomic mass is 16.5. The third kappa shape index (κ3) is 4.07. The number of amides is 1. The molecule has 0 radical (unpaired) electrons. The van der Waals surface area contributed by atoms with Crippen LogP contribution >= 0.6 is 0 Å². The highest BCUT2D eigenvalue weighted by Gasteiger charge is 2.18. The summed E-state index contributed by atoms with van der Waals surface area (Å²) in [6, 6.07) is 5.89. The molecule has 1 aromatic rings. The molecule has 0 heterocycles. The molecule has 4 nitrogen and oxygen atoms in total. The van der Waals surface area contributed by atoms with Gasteiger partial charge in [-0.3, -0.25) is 10.2 Å². The third-order valence-electron chi connectivity index (χ3n) is 2.46. The Morgan fingerprint density at radius 3 is 2.41 bits per heavy atom. The number of carbonyl (C=O) groups is 1. The molecule has 17 heavy (non-hydrogen) atoms. The molecule has 1 amide bonds. The van der Waals surface area contributed by atoms with E-state index in [1.54, 1.807) is 0 Å². The van der Waals surface area contributed by atoms with Gasteiger partial charge in [0.05, 0.1) is 0 Å². The van der Waals surface area contributed by atoms with Crippen molar-refractivity contribution in [3.63, 3.8) is 0 Å². The van der Waals surface area contributed by atoms with Gasteiger partial charge in [0.15, 0.2) is 6.10 Å². The number of nitrogens with one attached hydrogen (secondary N) is 1. The molecule has 0 aliphatic rings. The van der Waals surface area contributed by atoms with E-state index in [2.05, 4.69) is 11.5 Å². The predicted octanol–water partition coefficient (Wildman–Crippen LogP) is 1.84. The highest BCUT2D eigenvalue weighted by Crippen LogP contribution is 2.18. The Morgan fingerprint density at radius 1 is 1.35 bits per heavy atom. The number of rotatable bonds is 5. The molecule has 0 saturated heterocycles. The number of hydrazine groups is 1. The average molecular weight is 236 g/mol. The molecule has 0 fully saturated rings. The van der Waals surface area contributed by atoms with Crippen molar-refractivity contribution in [1.29, 1.82) is 0 Å². The molecule has 0 aliphatic carbocycles. The standard InChI is InChI=1S/C13H20N2O2/c1-4-5-12(13(16)15-14)17-11-7-9(2)6-10(3)8-11/h6-8,12H,4-5,14H2,1-3H3,(H,15,16). The Hall–Kier alpha value is -1.55. The van der Waals surface area contributed by atoms with Gasteiger partial charge in [-0.25, -0.2) is 5.84 Å². The lowest BCUT2D eigenvalue weighted by molar-refractivity contribution is -0.128. The topological polar surface area (TPSA) is 64.3 Å². The van der Waals surface area contributed by atoms with Gasteiger partial charge in [-0.05, 0) is 43.5 Å². The van der Waals surface area contributed by atoms with Gasteiger partial charge in [-0.15, -0.1) is 0 Å². The Morgan fingerprint density at radius 2 is 1.94 bits per heavy atom. The van der Waals surface area contributed by atoms with Gasteiger partial charge in [0.2, 0.25) is 0 Å². The van der Waals surface area contributed by atoms with Crippen molar-refractivity contribution in [3.8, 4) is 5.75 Å². The summed E-state index contributed by atoms with van der Waals surface area (Å²) in [5, 5.41) is 0. The smallest absolute Gasteiger partial charge is 0.274 e. The maximum atomic E-state index is 11.5. The highest BCUT2D eigenvalue weighted by molar-refractivity contribution is 5.80.